The van der Waals surface area contributed by atoms with Crippen molar-refractivity contribution in [3.63, 3.8) is 0 Å². The molecule has 0 radical (unpaired) electrons. The Balaban J connectivity index is 1.55. The van der Waals surface area contributed by atoms with Gasteiger partial charge in [0.25, 0.3) is 0 Å². The van der Waals surface area contributed by atoms with Crippen molar-refractivity contribution < 1.29 is 14.0 Å². The third-order valence-electron chi connectivity index (χ3n) is 5.73. The summed E-state index contributed by atoms with van der Waals surface area (Å²) in [4.78, 5) is 28.9. The number of rotatable bonds is 3. The minimum absolute atomic E-state index is 0.0406. The van der Waals surface area contributed by atoms with Gasteiger partial charge in [-0.3, -0.25) is 4.79 Å². The van der Waals surface area contributed by atoms with Crippen LogP contribution in [0.2, 0.25) is 0 Å². The quantitative estimate of drug-likeness (QED) is 0.825. The number of hydrogen-bond donors (Lipinski definition) is 1. The molecule has 1 aromatic heterocycles. The van der Waals surface area contributed by atoms with Gasteiger partial charge in [0, 0.05) is 30.9 Å². The molecule has 3 amide bonds. The van der Waals surface area contributed by atoms with E-state index in [0.717, 1.165) is 61.3 Å². The molecular weight excluding hydrogens is 354 g/mol. The molecule has 6 heteroatoms. The number of furan rings is 1. The zero-order valence-electron chi connectivity index (χ0n) is 16.3. The Labute approximate surface area is 165 Å². The summed E-state index contributed by atoms with van der Waals surface area (Å²) in [7, 11) is 0. The summed E-state index contributed by atoms with van der Waals surface area (Å²) in [6.07, 6.45) is 7.24. The number of nitrogens with one attached hydrogen (secondary N) is 1. The van der Waals surface area contributed by atoms with Gasteiger partial charge in [0.05, 0.1) is 12.3 Å². The van der Waals surface area contributed by atoms with E-state index in [0.29, 0.717) is 13.0 Å². The summed E-state index contributed by atoms with van der Waals surface area (Å²) >= 11 is 0. The predicted octanol–water partition coefficient (Wildman–Crippen LogP) is 4.86. The van der Waals surface area contributed by atoms with Crippen molar-refractivity contribution in [2.24, 2.45) is 0 Å². The Kier molecular flexibility index (Phi) is 5.37. The summed E-state index contributed by atoms with van der Waals surface area (Å²) in [5, 5.41) is 3.09. The first-order valence-corrected chi connectivity index (χ1v) is 10.2. The fraction of sp³-hybridized carbons (Fsp3) is 0.455. The van der Waals surface area contributed by atoms with Crippen molar-refractivity contribution in [2.75, 3.05) is 23.3 Å². The van der Waals surface area contributed by atoms with Crippen molar-refractivity contribution in [1.82, 2.24) is 4.90 Å². The normalized spacial score (nSPS) is 20.3. The molecule has 28 heavy (non-hydrogen) atoms. The molecule has 6 nitrogen and oxygen atoms in total. The van der Waals surface area contributed by atoms with E-state index < -0.39 is 0 Å². The zero-order chi connectivity index (χ0) is 19.5. The smallest absolute Gasteiger partial charge is 0.322 e. The van der Waals surface area contributed by atoms with Gasteiger partial charge in [-0.05, 0) is 56.0 Å². The Morgan fingerprint density at radius 2 is 2.04 bits per heavy atom. The van der Waals surface area contributed by atoms with E-state index in [-0.39, 0.29) is 18.0 Å². The van der Waals surface area contributed by atoms with Crippen molar-refractivity contribution in [2.45, 2.75) is 51.5 Å². The minimum Gasteiger partial charge on any atom is -0.467 e. The first kappa shape index (κ1) is 18.6. The molecule has 1 atom stereocenters. The molecule has 2 aliphatic rings. The maximum atomic E-state index is 13.2. The summed E-state index contributed by atoms with van der Waals surface area (Å²) in [5.74, 6) is 0.983. The van der Waals surface area contributed by atoms with Crippen LogP contribution in [0.25, 0.3) is 0 Å². The van der Waals surface area contributed by atoms with Crippen LogP contribution < -0.4 is 10.2 Å². The molecule has 0 aliphatic carbocycles. The second-order valence-electron chi connectivity index (χ2n) is 7.65. The lowest BCUT2D eigenvalue weighted by Gasteiger charge is -2.29. The van der Waals surface area contributed by atoms with Crippen molar-refractivity contribution in [3.8, 4) is 0 Å². The number of likely N-dealkylation sites (tertiary alicyclic amines) is 1. The highest BCUT2D eigenvalue weighted by molar-refractivity contribution is 5.97. The fourth-order valence-electron chi connectivity index (χ4n) is 4.15. The maximum absolute atomic E-state index is 13.2. The summed E-state index contributed by atoms with van der Waals surface area (Å²) in [6, 6.07) is 9.49. The molecule has 1 N–H and O–H groups in total. The highest BCUT2D eigenvalue weighted by Gasteiger charge is 2.29. The van der Waals surface area contributed by atoms with E-state index >= 15 is 0 Å². The van der Waals surface area contributed by atoms with E-state index in [9.17, 15) is 9.59 Å². The molecule has 2 aliphatic heterocycles. The number of carbonyl (C=O) groups excluding carboxylic acids is 2. The van der Waals surface area contributed by atoms with E-state index in [1.165, 1.54) is 0 Å². The molecule has 0 saturated carbocycles. The highest BCUT2D eigenvalue weighted by Crippen LogP contribution is 2.32. The summed E-state index contributed by atoms with van der Waals surface area (Å²) in [6.45, 7) is 3.42. The lowest BCUT2D eigenvalue weighted by atomic mass is 10.1. The molecule has 0 unspecified atom stereocenters. The largest absolute Gasteiger partial charge is 0.467 e. The number of amides is 3. The monoisotopic (exact) mass is 381 g/mol. The van der Waals surface area contributed by atoms with Crippen LogP contribution in [-0.4, -0.2) is 29.9 Å². The number of anilines is 2. The molecule has 2 saturated heterocycles. The molecule has 0 spiro atoms. The van der Waals surface area contributed by atoms with Crippen LogP contribution in [-0.2, 0) is 4.79 Å². The predicted molar refractivity (Wildman–Crippen MR) is 108 cm³/mol. The van der Waals surface area contributed by atoms with Gasteiger partial charge in [-0.2, -0.15) is 0 Å². The highest BCUT2D eigenvalue weighted by atomic mass is 16.3. The fourth-order valence-corrected chi connectivity index (χ4v) is 4.15. The van der Waals surface area contributed by atoms with Crippen LogP contribution >= 0.6 is 0 Å². The second-order valence-corrected chi connectivity index (χ2v) is 7.65. The van der Waals surface area contributed by atoms with E-state index in [1.807, 2.05) is 42.2 Å². The molecular formula is C22H27N3O3. The van der Waals surface area contributed by atoms with E-state index in [1.54, 1.807) is 11.2 Å². The number of benzene rings is 1. The van der Waals surface area contributed by atoms with Crippen LogP contribution in [0.5, 0.6) is 0 Å². The number of carbonyl (C=O) groups is 2. The van der Waals surface area contributed by atoms with Crippen molar-refractivity contribution >= 4 is 23.3 Å². The van der Waals surface area contributed by atoms with Crippen LogP contribution in [0.3, 0.4) is 0 Å². The minimum atomic E-state index is -0.115. The van der Waals surface area contributed by atoms with Gasteiger partial charge in [0.15, 0.2) is 0 Å². The Morgan fingerprint density at radius 1 is 1.14 bits per heavy atom. The van der Waals surface area contributed by atoms with Crippen LogP contribution in [0.4, 0.5) is 16.2 Å². The number of hydrogen-bond acceptors (Lipinski definition) is 3. The Morgan fingerprint density at radius 3 is 2.79 bits per heavy atom. The second kappa shape index (κ2) is 8.09. The Bertz CT molecular complexity index is 847. The molecule has 2 aromatic rings. The first-order valence-electron chi connectivity index (χ1n) is 10.2. The molecule has 3 heterocycles. The maximum Gasteiger partial charge on any atom is 0.322 e. The van der Waals surface area contributed by atoms with Gasteiger partial charge >= 0.3 is 6.03 Å². The lowest BCUT2D eigenvalue weighted by molar-refractivity contribution is -0.117. The number of aryl methyl sites for hydroxylation is 1. The van der Waals surface area contributed by atoms with Gasteiger partial charge in [-0.25, -0.2) is 4.79 Å². The van der Waals surface area contributed by atoms with Crippen molar-refractivity contribution in [1.29, 1.82) is 0 Å². The van der Waals surface area contributed by atoms with Crippen molar-refractivity contribution in [3.05, 3.63) is 47.9 Å². The zero-order valence-corrected chi connectivity index (χ0v) is 16.3. The van der Waals surface area contributed by atoms with E-state index in [4.69, 9.17) is 4.42 Å². The lowest BCUT2D eigenvalue weighted by Crippen LogP contribution is -2.38. The average molecular weight is 381 g/mol. The summed E-state index contributed by atoms with van der Waals surface area (Å²) in [5.41, 5.74) is 2.58. The molecule has 0 bridgehead atoms. The Hall–Kier alpha value is -2.76. The van der Waals surface area contributed by atoms with Gasteiger partial charge in [-0.1, -0.05) is 18.9 Å². The third-order valence-corrected chi connectivity index (χ3v) is 5.73. The average Bonchev–Trinajstić information content (AvgIpc) is 3.30. The van der Waals surface area contributed by atoms with Crippen LogP contribution in [0, 0.1) is 6.92 Å². The molecule has 4 rings (SSSR count). The first-order chi connectivity index (χ1) is 13.6. The molecule has 1 aromatic carbocycles. The number of urea groups is 1. The standard InChI is InChI=1S/C22H27N3O3/c1-16-10-11-17(24-13-5-9-21(24)26)15-18(16)23-22(27)25-12-4-2-3-7-19(25)20-8-6-14-28-20/h6,8,10-11,14-15,19H,2-5,7,9,12-13H2,1H3,(H,23,27)/t19-/m0/s1. The molecule has 2 fully saturated rings. The number of nitrogens with zero attached hydrogens (tertiary/aromatic N) is 2. The van der Waals surface area contributed by atoms with Gasteiger partial charge in [-0.15, -0.1) is 0 Å². The van der Waals surface area contributed by atoms with Gasteiger partial charge < -0.3 is 19.5 Å². The van der Waals surface area contributed by atoms with Crippen LogP contribution in [0.15, 0.2) is 41.0 Å². The SMILES string of the molecule is Cc1ccc(N2CCCC2=O)cc1NC(=O)N1CCCCC[C@H]1c1ccco1. The van der Waals surface area contributed by atoms with Crippen LogP contribution in [0.1, 0.15) is 55.9 Å². The summed E-state index contributed by atoms with van der Waals surface area (Å²) < 4.78 is 5.62. The van der Waals surface area contributed by atoms with E-state index in [2.05, 4.69) is 5.32 Å². The topological polar surface area (TPSA) is 65.8 Å². The van der Waals surface area contributed by atoms with Gasteiger partial charge in [0.1, 0.15) is 5.76 Å². The van der Waals surface area contributed by atoms with Gasteiger partial charge in [0.2, 0.25) is 5.91 Å². The third kappa shape index (κ3) is 3.77. The molecule has 148 valence electrons.